The van der Waals surface area contributed by atoms with Crippen LogP contribution in [0.25, 0.3) is 11.6 Å². The maximum absolute atomic E-state index is 12.9. The molecule has 0 aromatic carbocycles. The number of fused-ring (bicyclic) bond motifs is 1. The number of oxazole rings is 1. The molecule has 0 aliphatic carbocycles. The van der Waals surface area contributed by atoms with Crippen LogP contribution in [0.15, 0.2) is 28.9 Å². The molecule has 3 aromatic heterocycles. The first-order chi connectivity index (χ1) is 13.1. The molecular weight excluding hydrogens is 346 g/mol. The van der Waals surface area contributed by atoms with Crippen molar-refractivity contribution in [2.24, 2.45) is 0 Å². The van der Waals surface area contributed by atoms with E-state index in [1.807, 2.05) is 16.5 Å². The molecule has 0 fully saturated rings. The predicted molar refractivity (Wildman–Crippen MR) is 97.4 cm³/mol. The second-order valence-electron chi connectivity index (χ2n) is 6.43. The van der Waals surface area contributed by atoms with Crippen LogP contribution in [0.4, 0.5) is 0 Å². The van der Waals surface area contributed by atoms with E-state index < -0.39 is 0 Å². The van der Waals surface area contributed by atoms with Gasteiger partial charge in [0.15, 0.2) is 5.69 Å². The Kier molecular flexibility index (Phi) is 4.39. The lowest BCUT2D eigenvalue weighted by Gasteiger charge is -2.27. The average Bonchev–Trinajstić information content (AvgIpc) is 3.30. The third kappa shape index (κ3) is 3.07. The Labute approximate surface area is 156 Å². The molecule has 3 aromatic rings. The first-order valence-electron chi connectivity index (χ1n) is 8.91. The Bertz CT molecular complexity index is 974. The topological polar surface area (TPSA) is 86.3 Å². The molecule has 8 heteroatoms. The Morgan fingerprint density at radius 3 is 2.78 bits per heavy atom. The van der Waals surface area contributed by atoms with Crippen LogP contribution in [-0.4, -0.2) is 44.2 Å². The second kappa shape index (κ2) is 6.86. The van der Waals surface area contributed by atoms with Crippen LogP contribution in [0, 0.1) is 6.92 Å². The highest BCUT2D eigenvalue weighted by Gasteiger charge is 2.29. The summed E-state index contributed by atoms with van der Waals surface area (Å²) in [7, 11) is 1.55. The summed E-state index contributed by atoms with van der Waals surface area (Å²) in [5.41, 5.74) is 3.39. The molecule has 0 bridgehead atoms. The summed E-state index contributed by atoms with van der Waals surface area (Å²) in [5, 5.41) is 4.68. The van der Waals surface area contributed by atoms with Crippen molar-refractivity contribution in [3.05, 3.63) is 47.1 Å². The maximum atomic E-state index is 12.9. The summed E-state index contributed by atoms with van der Waals surface area (Å²) in [6.07, 6.45) is 3.97. The Morgan fingerprint density at radius 1 is 1.30 bits per heavy atom. The minimum absolute atomic E-state index is 0.0606. The summed E-state index contributed by atoms with van der Waals surface area (Å²) < 4.78 is 12.7. The van der Waals surface area contributed by atoms with Crippen LogP contribution >= 0.6 is 0 Å². The number of carbonyl (C=O) groups excluding carboxylic acids is 1. The highest BCUT2D eigenvalue weighted by Crippen LogP contribution is 2.30. The smallest absolute Gasteiger partial charge is 0.255 e. The van der Waals surface area contributed by atoms with E-state index in [1.165, 1.54) is 0 Å². The minimum atomic E-state index is -0.0606. The first kappa shape index (κ1) is 17.3. The van der Waals surface area contributed by atoms with E-state index >= 15 is 0 Å². The first-order valence-corrected chi connectivity index (χ1v) is 8.91. The largest absolute Gasteiger partial charge is 0.481 e. The van der Waals surface area contributed by atoms with Crippen molar-refractivity contribution >= 4 is 5.91 Å². The van der Waals surface area contributed by atoms with Crippen LogP contribution in [0.1, 0.15) is 34.3 Å². The molecule has 0 unspecified atom stereocenters. The van der Waals surface area contributed by atoms with Crippen molar-refractivity contribution in [1.82, 2.24) is 24.6 Å². The molecule has 0 saturated heterocycles. The monoisotopic (exact) mass is 367 g/mol. The van der Waals surface area contributed by atoms with E-state index in [-0.39, 0.29) is 5.91 Å². The summed E-state index contributed by atoms with van der Waals surface area (Å²) in [6.45, 7) is 5.77. The number of carbonyl (C=O) groups is 1. The van der Waals surface area contributed by atoms with Crippen LogP contribution in [0.5, 0.6) is 5.88 Å². The maximum Gasteiger partial charge on any atom is 0.255 e. The third-order valence-corrected chi connectivity index (χ3v) is 4.74. The van der Waals surface area contributed by atoms with Gasteiger partial charge < -0.3 is 14.1 Å². The predicted octanol–water partition coefficient (Wildman–Crippen LogP) is 2.47. The van der Waals surface area contributed by atoms with Crippen LogP contribution < -0.4 is 4.74 Å². The number of aryl methyl sites for hydroxylation is 2. The lowest BCUT2D eigenvalue weighted by Crippen LogP contribution is -2.36. The number of hydrogen-bond donors (Lipinski definition) is 0. The second-order valence-corrected chi connectivity index (χ2v) is 6.43. The van der Waals surface area contributed by atoms with Gasteiger partial charge in [-0.3, -0.25) is 9.48 Å². The molecule has 140 valence electrons. The van der Waals surface area contributed by atoms with Gasteiger partial charge in [-0.15, -0.1) is 0 Å². The van der Waals surface area contributed by atoms with E-state index in [0.29, 0.717) is 36.1 Å². The van der Waals surface area contributed by atoms with Crippen molar-refractivity contribution in [1.29, 1.82) is 0 Å². The van der Waals surface area contributed by atoms with E-state index in [2.05, 4.69) is 22.0 Å². The van der Waals surface area contributed by atoms with Crippen LogP contribution in [0.3, 0.4) is 0 Å². The number of methoxy groups -OCH3 is 1. The van der Waals surface area contributed by atoms with Crippen molar-refractivity contribution in [2.45, 2.75) is 33.4 Å². The lowest BCUT2D eigenvalue weighted by molar-refractivity contribution is 0.0733. The highest BCUT2D eigenvalue weighted by atomic mass is 16.5. The van der Waals surface area contributed by atoms with Gasteiger partial charge in [0.25, 0.3) is 5.91 Å². The fourth-order valence-electron chi connectivity index (χ4n) is 3.37. The highest BCUT2D eigenvalue weighted by molar-refractivity contribution is 5.94. The summed E-state index contributed by atoms with van der Waals surface area (Å²) in [5.74, 6) is 1.65. The normalized spacial score (nSPS) is 13.5. The summed E-state index contributed by atoms with van der Waals surface area (Å²) >= 11 is 0. The van der Waals surface area contributed by atoms with E-state index in [4.69, 9.17) is 9.15 Å². The molecule has 4 heterocycles. The molecule has 0 N–H and O–H groups in total. The fraction of sp³-hybridized carbons (Fsp3) is 0.368. The van der Waals surface area contributed by atoms with E-state index in [9.17, 15) is 4.79 Å². The summed E-state index contributed by atoms with van der Waals surface area (Å²) in [4.78, 5) is 23.2. The van der Waals surface area contributed by atoms with Gasteiger partial charge >= 0.3 is 0 Å². The van der Waals surface area contributed by atoms with Gasteiger partial charge in [-0.25, -0.2) is 9.97 Å². The van der Waals surface area contributed by atoms with Gasteiger partial charge in [0.05, 0.1) is 25.4 Å². The zero-order valence-corrected chi connectivity index (χ0v) is 15.6. The molecule has 0 atom stereocenters. The Morgan fingerprint density at radius 2 is 2.15 bits per heavy atom. The average molecular weight is 367 g/mol. The third-order valence-electron chi connectivity index (χ3n) is 4.74. The quantitative estimate of drug-likeness (QED) is 0.704. The van der Waals surface area contributed by atoms with Gasteiger partial charge in [-0.1, -0.05) is 0 Å². The zero-order chi connectivity index (χ0) is 19.0. The lowest BCUT2D eigenvalue weighted by atomic mass is 10.0. The van der Waals surface area contributed by atoms with Gasteiger partial charge in [-0.05, 0) is 19.9 Å². The van der Waals surface area contributed by atoms with Crippen LogP contribution in [-0.2, 0) is 19.5 Å². The number of nitrogens with zero attached hydrogens (tertiary/aromatic N) is 5. The number of ether oxygens (including phenoxy) is 1. The number of hydrogen-bond acceptors (Lipinski definition) is 6. The molecular formula is C19H21N5O3. The van der Waals surface area contributed by atoms with Crippen LogP contribution in [0.2, 0.25) is 0 Å². The van der Waals surface area contributed by atoms with E-state index in [1.54, 1.807) is 31.6 Å². The molecule has 1 amide bonds. The van der Waals surface area contributed by atoms with Crippen molar-refractivity contribution in [2.75, 3.05) is 13.7 Å². The molecule has 0 spiro atoms. The van der Waals surface area contributed by atoms with Crippen molar-refractivity contribution in [3.8, 4) is 17.5 Å². The molecule has 1 aliphatic heterocycles. The van der Waals surface area contributed by atoms with Gasteiger partial charge in [0.2, 0.25) is 11.8 Å². The molecule has 1 aliphatic rings. The number of amides is 1. The number of pyridine rings is 1. The van der Waals surface area contributed by atoms with Crippen molar-refractivity contribution < 1.29 is 13.9 Å². The van der Waals surface area contributed by atoms with Gasteiger partial charge in [0.1, 0.15) is 5.76 Å². The number of rotatable bonds is 4. The minimum Gasteiger partial charge on any atom is -0.481 e. The van der Waals surface area contributed by atoms with Gasteiger partial charge in [-0.2, -0.15) is 5.10 Å². The Hall–Kier alpha value is -3.16. The van der Waals surface area contributed by atoms with Crippen molar-refractivity contribution in [3.63, 3.8) is 0 Å². The molecule has 0 radical (unpaired) electrons. The SMILES string of the molecule is CCn1nc(-c2ncc(C)o2)c2c1CCN(C(=O)c1ccc(OC)nc1)C2. The molecule has 4 rings (SSSR count). The van der Waals surface area contributed by atoms with E-state index in [0.717, 1.165) is 30.0 Å². The molecule has 8 nitrogen and oxygen atoms in total. The fourth-order valence-corrected chi connectivity index (χ4v) is 3.37. The molecule has 0 saturated carbocycles. The Balaban J connectivity index is 1.65. The standard InChI is InChI=1S/C19H21N5O3/c1-4-24-15-7-8-23(19(25)13-5-6-16(26-3)20-10-13)11-14(15)17(22-24)18-21-9-12(2)27-18/h5-6,9-10H,4,7-8,11H2,1-3H3. The van der Waals surface area contributed by atoms with Gasteiger partial charge in [0, 0.05) is 43.0 Å². The zero-order valence-electron chi connectivity index (χ0n) is 15.6. The number of aromatic nitrogens is 4. The summed E-state index contributed by atoms with van der Waals surface area (Å²) in [6, 6.07) is 3.43. The molecule has 27 heavy (non-hydrogen) atoms.